The van der Waals surface area contributed by atoms with Crippen molar-refractivity contribution in [2.75, 3.05) is 31.1 Å². The molecule has 0 amide bonds. The number of halogens is 1. The van der Waals surface area contributed by atoms with Crippen molar-refractivity contribution < 1.29 is 4.39 Å². The molecular weight excluding hydrogens is 227 g/mol. The zero-order valence-electron chi connectivity index (χ0n) is 11.3. The van der Waals surface area contributed by atoms with Gasteiger partial charge in [0.2, 0.25) is 0 Å². The van der Waals surface area contributed by atoms with Crippen molar-refractivity contribution >= 4 is 5.69 Å². The first-order valence-corrected chi connectivity index (χ1v) is 6.86. The predicted molar refractivity (Wildman–Crippen MR) is 74.4 cm³/mol. The first-order chi connectivity index (χ1) is 8.65. The van der Waals surface area contributed by atoms with Crippen LogP contribution in [-0.2, 0) is 0 Å². The second-order valence-corrected chi connectivity index (χ2v) is 5.63. The third kappa shape index (κ3) is 3.70. The molecule has 1 heterocycles. The van der Waals surface area contributed by atoms with Gasteiger partial charge >= 0.3 is 0 Å². The van der Waals surface area contributed by atoms with E-state index < -0.39 is 0 Å². The SMILES string of the molecule is CC(C)CNCC1CCN(c2cccc(F)c2)C1. The summed E-state index contributed by atoms with van der Waals surface area (Å²) in [6, 6.07) is 6.91. The number of hydrogen-bond acceptors (Lipinski definition) is 2. The zero-order chi connectivity index (χ0) is 13.0. The molecule has 1 N–H and O–H groups in total. The lowest BCUT2D eigenvalue weighted by molar-refractivity contribution is 0.477. The van der Waals surface area contributed by atoms with Gasteiger partial charge in [-0.05, 0) is 49.5 Å². The van der Waals surface area contributed by atoms with Gasteiger partial charge in [0, 0.05) is 18.8 Å². The fourth-order valence-electron chi connectivity index (χ4n) is 2.48. The molecule has 1 aromatic carbocycles. The van der Waals surface area contributed by atoms with Gasteiger partial charge in [0.1, 0.15) is 5.82 Å². The van der Waals surface area contributed by atoms with Crippen LogP contribution in [0.25, 0.3) is 0 Å². The normalized spacial score (nSPS) is 19.8. The van der Waals surface area contributed by atoms with Gasteiger partial charge < -0.3 is 10.2 Å². The minimum Gasteiger partial charge on any atom is -0.371 e. The quantitative estimate of drug-likeness (QED) is 0.864. The van der Waals surface area contributed by atoms with E-state index in [1.165, 1.54) is 12.5 Å². The Hall–Kier alpha value is -1.09. The fraction of sp³-hybridized carbons (Fsp3) is 0.600. The number of anilines is 1. The maximum absolute atomic E-state index is 13.2. The Bertz CT molecular complexity index is 379. The number of nitrogens with zero attached hydrogens (tertiary/aromatic N) is 1. The van der Waals surface area contributed by atoms with E-state index in [1.807, 2.05) is 6.07 Å². The molecule has 1 aliphatic heterocycles. The van der Waals surface area contributed by atoms with E-state index in [4.69, 9.17) is 0 Å². The summed E-state index contributed by atoms with van der Waals surface area (Å²) in [4.78, 5) is 2.28. The Labute approximate surface area is 109 Å². The van der Waals surface area contributed by atoms with Crippen LogP contribution >= 0.6 is 0 Å². The number of nitrogens with one attached hydrogen (secondary N) is 1. The molecular formula is C15H23FN2. The molecule has 1 aromatic rings. The summed E-state index contributed by atoms with van der Waals surface area (Å²) in [5.74, 6) is 1.24. The van der Waals surface area contributed by atoms with Crippen molar-refractivity contribution in [3.63, 3.8) is 0 Å². The first kappa shape index (κ1) is 13.3. The predicted octanol–water partition coefficient (Wildman–Crippen LogP) is 2.90. The zero-order valence-corrected chi connectivity index (χ0v) is 11.3. The minimum absolute atomic E-state index is 0.145. The van der Waals surface area contributed by atoms with Crippen LogP contribution in [0.3, 0.4) is 0 Å². The second-order valence-electron chi connectivity index (χ2n) is 5.63. The average molecular weight is 250 g/mol. The Kier molecular flexibility index (Phi) is 4.59. The van der Waals surface area contributed by atoms with E-state index >= 15 is 0 Å². The monoisotopic (exact) mass is 250 g/mol. The van der Waals surface area contributed by atoms with Crippen LogP contribution in [0.1, 0.15) is 20.3 Å². The molecule has 3 heteroatoms. The minimum atomic E-state index is -0.145. The van der Waals surface area contributed by atoms with E-state index in [1.54, 1.807) is 12.1 Å². The van der Waals surface area contributed by atoms with Gasteiger partial charge in [0.05, 0.1) is 0 Å². The molecule has 2 nitrogen and oxygen atoms in total. The molecule has 1 unspecified atom stereocenters. The van der Waals surface area contributed by atoms with Crippen molar-refractivity contribution in [2.24, 2.45) is 11.8 Å². The molecule has 0 spiro atoms. The number of benzene rings is 1. The summed E-state index contributed by atoms with van der Waals surface area (Å²) in [5, 5.41) is 3.51. The van der Waals surface area contributed by atoms with Crippen LogP contribution in [0.2, 0.25) is 0 Å². The van der Waals surface area contributed by atoms with Gasteiger partial charge in [-0.2, -0.15) is 0 Å². The van der Waals surface area contributed by atoms with E-state index in [0.29, 0.717) is 11.8 Å². The van der Waals surface area contributed by atoms with Crippen molar-refractivity contribution in [3.8, 4) is 0 Å². The molecule has 0 saturated carbocycles. The maximum atomic E-state index is 13.2. The third-order valence-corrected chi connectivity index (χ3v) is 3.44. The van der Waals surface area contributed by atoms with E-state index in [2.05, 4.69) is 24.1 Å². The largest absolute Gasteiger partial charge is 0.371 e. The van der Waals surface area contributed by atoms with Crippen LogP contribution in [0.5, 0.6) is 0 Å². The standard InChI is InChI=1S/C15H23FN2/c1-12(2)9-17-10-13-6-7-18(11-13)15-5-3-4-14(16)8-15/h3-5,8,12-13,17H,6-7,9-11H2,1-2H3. The molecule has 100 valence electrons. The summed E-state index contributed by atoms with van der Waals surface area (Å²) in [6.07, 6.45) is 1.20. The van der Waals surface area contributed by atoms with Gasteiger partial charge in [-0.1, -0.05) is 19.9 Å². The van der Waals surface area contributed by atoms with Crippen LogP contribution < -0.4 is 10.2 Å². The Morgan fingerprint density at radius 2 is 2.28 bits per heavy atom. The topological polar surface area (TPSA) is 15.3 Å². The highest BCUT2D eigenvalue weighted by Gasteiger charge is 2.22. The molecule has 0 radical (unpaired) electrons. The highest BCUT2D eigenvalue weighted by atomic mass is 19.1. The Balaban J connectivity index is 1.81. The van der Waals surface area contributed by atoms with Crippen molar-refractivity contribution in [1.29, 1.82) is 0 Å². The van der Waals surface area contributed by atoms with Gasteiger partial charge in [-0.3, -0.25) is 0 Å². The van der Waals surface area contributed by atoms with E-state index in [9.17, 15) is 4.39 Å². The smallest absolute Gasteiger partial charge is 0.125 e. The average Bonchev–Trinajstić information content (AvgIpc) is 2.77. The number of rotatable bonds is 5. The highest BCUT2D eigenvalue weighted by molar-refractivity contribution is 5.47. The summed E-state index contributed by atoms with van der Waals surface area (Å²) in [7, 11) is 0. The lowest BCUT2D eigenvalue weighted by atomic mass is 10.1. The van der Waals surface area contributed by atoms with E-state index in [0.717, 1.165) is 31.9 Å². The summed E-state index contributed by atoms with van der Waals surface area (Å²) >= 11 is 0. The van der Waals surface area contributed by atoms with Crippen LogP contribution in [-0.4, -0.2) is 26.2 Å². The van der Waals surface area contributed by atoms with E-state index in [-0.39, 0.29) is 5.82 Å². The summed E-state index contributed by atoms with van der Waals surface area (Å²) < 4.78 is 13.2. The molecule has 1 saturated heterocycles. The lowest BCUT2D eigenvalue weighted by Gasteiger charge is -2.19. The van der Waals surface area contributed by atoms with Gasteiger partial charge in [0.15, 0.2) is 0 Å². The highest BCUT2D eigenvalue weighted by Crippen LogP contribution is 2.23. The van der Waals surface area contributed by atoms with Gasteiger partial charge in [-0.25, -0.2) is 4.39 Å². The Morgan fingerprint density at radius 3 is 3.00 bits per heavy atom. The van der Waals surface area contributed by atoms with Gasteiger partial charge in [0.25, 0.3) is 0 Å². The molecule has 1 aliphatic rings. The summed E-state index contributed by atoms with van der Waals surface area (Å²) in [5.41, 5.74) is 1.02. The molecule has 1 atom stereocenters. The first-order valence-electron chi connectivity index (χ1n) is 6.86. The van der Waals surface area contributed by atoms with Crippen LogP contribution in [0, 0.1) is 17.7 Å². The molecule has 18 heavy (non-hydrogen) atoms. The maximum Gasteiger partial charge on any atom is 0.125 e. The van der Waals surface area contributed by atoms with Crippen molar-refractivity contribution in [3.05, 3.63) is 30.1 Å². The molecule has 1 fully saturated rings. The lowest BCUT2D eigenvalue weighted by Crippen LogP contribution is -2.28. The molecule has 0 aromatic heterocycles. The number of hydrogen-bond donors (Lipinski definition) is 1. The summed E-state index contributed by atoms with van der Waals surface area (Å²) in [6.45, 7) is 8.67. The fourth-order valence-corrected chi connectivity index (χ4v) is 2.48. The molecule has 0 bridgehead atoms. The Morgan fingerprint density at radius 1 is 1.44 bits per heavy atom. The molecule has 0 aliphatic carbocycles. The van der Waals surface area contributed by atoms with Crippen LogP contribution in [0.4, 0.5) is 10.1 Å². The van der Waals surface area contributed by atoms with Crippen molar-refractivity contribution in [1.82, 2.24) is 5.32 Å². The van der Waals surface area contributed by atoms with Gasteiger partial charge in [-0.15, -0.1) is 0 Å². The third-order valence-electron chi connectivity index (χ3n) is 3.44. The van der Waals surface area contributed by atoms with Crippen LogP contribution in [0.15, 0.2) is 24.3 Å². The molecule has 2 rings (SSSR count). The van der Waals surface area contributed by atoms with Crippen molar-refractivity contribution in [2.45, 2.75) is 20.3 Å². The second kappa shape index (κ2) is 6.19.